The van der Waals surface area contributed by atoms with E-state index in [1.54, 1.807) is 12.1 Å². The SMILES string of the molecule is NCc1ccc(NC(=O)c2ccc(F)cc2)cc1. The molecule has 2 aromatic rings. The van der Waals surface area contributed by atoms with Crippen molar-refractivity contribution >= 4 is 11.6 Å². The normalized spacial score (nSPS) is 10.1. The average Bonchev–Trinajstić information content (AvgIpc) is 2.40. The molecule has 0 bridgehead atoms. The van der Waals surface area contributed by atoms with Crippen LogP contribution in [0.2, 0.25) is 0 Å². The maximum Gasteiger partial charge on any atom is 0.255 e. The minimum absolute atomic E-state index is 0.268. The Kier molecular flexibility index (Phi) is 3.69. The highest BCUT2D eigenvalue weighted by Crippen LogP contribution is 2.11. The van der Waals surface area contributed by atoms with Crippen molar-refractivity contribution < 1.29 is 9.18 Å². The van der Waals surface area contributed by atoms with E-state index in [1.807, 2.05) is 12.1 Å². The molecule has 92 valence electrons. The topological polar surface area (TPSA) is 55.1 Å². The molecule has 0 aliphatic heterocycles. The zero-order chi connectivity index (χ0) is 13.0. The molecule has 18 heavy (non-hydrogen) atoms. The van der Waals surface area contributed by atoms with Gasteiger partial charge in [0.2, 0.25) is 0 Å². The summed E-state index contributed by atoms with van der Waals surface area (Å²) in [6, 6.07) is 12.7. The van der Waals surface area contributed by atoms with E-state index in [0.29, 0.717) is 17.8 Å². The van der Waals surface area contributed by atoms with Gasteiger partial charge in [-0.05, 0) is 42.0 Å². The molecule has 3 N–H and O–H groups in total. The summed E-state index contributed by atoms with van der Waals surface area (Å²) in [6.45, 7) is 0.464. The summed E-state index contributed by atoms with van der Waals surface area (Å²) in [7, 11) is 0. The molecule has 0 heterocycles. The van der Waals surface area contributed by atoms with E-state index in [2.05, 4.69) is 5.32 Å². The number of hydrogen-bond donors (Lipinski definition) is 2. The molecule has 2 rings (SSSR count). The maximum absolute atomic E-state index is 12.7. The lowest BCUT2D eigenvalue weighted by Crippen LogP contribution is -2.11. The van der Waals surface area contributed by atoms with Crippen LogP contribution in [0.3, 0.4) is 0 Å². The van der Waals surface area contributed by atoms with E-state index < -0.39 is 0 Å². The van der Waals surface area contributed by atoms with Crippen LogP contribution in [0.5, 0.6) is 0 Å². The molecule has 0 unspecified atom stereocenters. The Morgan fingerprint density at radius 2 is 1.67 bits per heavy atom. The van der Waals surface area contributed by atoms with Gasteiger partial charge in [-0.15, -0.1) is 0 Å². The van der Waals surface area contributed by atoms with Crippen LogP contribution in [-0.4, -0.2) is 5.91 Å². The van der Waals surface area contributed by atoms with Gasteiger partial charge in [0.15, 0.2) is 0 Å². The number of nitrogens with two attached hydrogens (primary N) is 1. The van der Waals surface area contributed by atoms with E-state index in [-0.39, 0.29) is 11.7 Å². The Labute approximate surface area is 104 Å². The molecule has 0 fully saturated rings. The number of benzene rings is 2. The van der Waals surface area contributed by atoms with Gasteiger partial charge in [0.25, 0.3) is 5.91 Å². The van der Waals surface area contributed by atoms with Crippen LogP contribution in [0.4, 0.5) is 10.1 Å². The molecule has 0 saturated carbocycles. The van der Waals surface area contributed by atoms with Gasteiger partial charge in [0.05, 0.1) is 0 Å². The maximum atomic E-state index is 12.7. The van der Waals surface area contributed by atoms with E-state index >= 15 is 0 Å². The Bertz CT molecular complexity index is 535. The lowest BCUT2D eigenvalue weighted by molar-refractivity contribution is 0.102. The third-order valence-corrected chi connectivity index (χ3v) is 2.55. The third kappa shape index (κ3) is 2.93. The third-order valence-electron chi connectivity index (χ3n) is 2.55. The molecule has 0 radical (unpaired) electrons. The molecular weight excluding hydrogens is 231 g/mol. The van der Waals surface area contributed by atoms with Gasteiger partial charge in [0.1, 0.15) is 5.82 Å². The summed E-state index contributed by atoms with van der Waals surface area (Å²) in [6.07, 6.45) is 0. The highest BCUT2D eigenvalue weighted by molar-refractivity contribution is 6.04. The first kappa shape index (κ1) is 12.3. The predicted octanol–water partition coefficient (Wildman–Crippen LogP) is 2.54. The van der Waals surface area contributed by atoms with Crippen LogP contribution in [0.25, 0.3) is 0 Å². The van der Waals surface area contributed by atoms with Crippen molar-refractivity contribution in [2.75, 3.05) is 5.32 Å². The summed E-state index contributed by atoms with van der Waals surface area (Å²) < 4.78 is 12.7. The van der Waals surface area contributed by atoms with Gasteiger partial charge >= 0.3 is 0 Å². The second-order valence-electron chi connectivity index (χ2n) is 3.86. The summed E-state index contributed by atoms with van der Waals surface area (Å²) in [4.78, 5) is 11.8. The van der Waals surface area contributed by atoms with Crippen molar-refractivity contribution in [3.8, 4) is 0 Å². The molecule has 3 nitrogen and oxygen atoms in total. The van der Waals surface area contributed by atoms with E-state index in [0.717, 1.165) is 5.56 Å². The molecule has 0 atom stereocenters. The van der Waals surface area contributed by atoms with Gasteiger partial charge in [-0.3, -0.25) is 4.79 Å². The van der Waals surface area contributed by atoms with E-state index in [4.69, 9.17) is 5.73 Å². The lowest BCUT2D eigenvalue weighted by atomic mass is 10.2. The summed E-state index contributed by atoms with van der Waals surface area (Å²) >= 11 is 0. The van der Waals surface area contributed by atoms with Gasteiger partial charge in [-0.2, -0.15) is 0 Å². The number of carbonyl (C=O) groups excluding carboxylic acids is 1. The number of anilines is 1. The molecular formula is C14H13FN2O. The first-order valence-corrected chi connectivity index (χ1v) is 5.55. The van der Waals surface area contributed by atoms with Crippen molar-refractivity contribution in [2.45, 2.75) is 6.54 Å². The number of hydrogen-bond acceptors (Lipinski definition) is 2. The monoisotopic (exact) mass is 244 g/mol. The molecule has 0 aromatic heterocycles. The van der Waals surface area contributed by atoms with Gasteiger partial charge < -0.3 is 11.1 Å². The van der Waals surface area contributed by atoms with Gasteiger partial charge in [0, 0.05) is 17.8 Å². The highest BCUT2D eigenvalue weighted by atomic mass is 19.1. The molecule has 0 aliphatic rings. The Morgan fingerprint density at radius 3 is 2.22 bits per heavy atom. The molecule has 0 saturated heterocycles. The standard InChI is InChI=1S/C14H13FN2O/c15-12-5-3-11(4-6-12)14(18)17-13-7-1-10(9-16)2-8-13/h1-8H,9,16H2,(H,17,18). The summed E-state index contributed by atoms with van der Waals surface area (Å²) in [5, 5.41) is 2.73. The number of carbonyl (C=O) groups is 1. The second-order valence-corrected chi connectivity index (χ2v) is 3.86. The largest absolute Gasteiger partial charge is 0.326 e. The average molecular weight is 244 g/mol. The minimum Gasteiger partial charge on any atom is -0.326 e. The van der Waals surface area contributed by atoms with E-state index in [9.17, 15) is 9.18 Å². The Morgan fingerprint density at radius 1 is 1.06 bits per heavy atom. The second kappa shape index (κ2) is 5.42. The lowest BCUT2D eigenvalue weighted by Gasteiger charge is -2.06. The predicted molar refractivity (Wildman–Crippen MR) is 68.7 cm³/mol. The highest BCUT2D eigenvalue weighted by Gasteiger charge is 2.05. The van der Waals surface area contributed by atoms with Crippen molar-refractivity contribution in [1.29, 1.82) is 0 Å². The van der Waals surface area contributed by atoms with Crippen molar-refractivity contribution in [3.05, 3.63) is 65.5 Å². The summed E-state index contributed by atoms with van der Waals surface area (Å²) in [5.74, 6) is -0.630. The first-order chi connectivity index (χ1) is 8.69. The summed E-state index contributed by atoms with van der Waals surface area (Å²) in [5.41, 5.74) is 7.58. The van der Waals surface area contributed by atoms with Crippen molar-refractivity contribution in [3.63, 3.8) is 0 Å². The zero-order valence-electron chi connectivity index (χ0n) is 9.69. The molecule has 0 aliphatic carbocycles. The number of amides is 1. The van der Waals surface area contributed by atoms with Crippen molar-refractivity contribution in [1.82, 2.24) is 0 Å². The van der Waals surface area contributed by atoms with Crippen LogP contribution in [-0.2, 0) is 6.54 Å². The molecule has 4 heteroatoms. The smallest absolute Gasteiger partial charge is 0.255 e. The zero-order valence-corrected chi connectivity index (χ0v) is 9.69. The van der Waals surface area contributed by atoms with Crippen LogP contribution < -0.4 is 11.1 Å². The van der Waals surface area contributed by atoms with Gasteiger partial charge in [-0.25, -0.2) is 4.39 Å². The van der Waals surface area contributed by atoms with Crippen LogP contribution in [0.1, 0.15) is 15.9 Å². The molecule has 1 amide bonds. The number of nitrogens with one attached hydrogen (secondary N) is 1. The Hall–Kier alpha value is -2.20. The van der Waals surface area contributed by atoms with Gasteiger partial charge in [-0.1, -0.05) is 12.1 Å². The van der Waals surface area contributed by atoms with Crippen LogP contribution in [0, 0.1) is 5.82 Å². The molecule has 2 aromatic carbocycles. The quantitative estimate of drug-likeness (QED) is 0.871. The molecule has 0 spiro atoms. The van der Waals surface area contributed by atoms with Crippen LogP contribution in [0.15, 0.2) is 48.5 Å². The fourth-order valence-electron chi connectivity index (χ4n) is 1.53. The Balaban J connectivity index is 2.08. The first-order valence-electron chi connectivity index (χ1n) is 5.55. The number of halogens is 1. The fraction of sp³-hybridized carbons (Fsp3) is 0.0714. The van der Waals surface area contributed by atoms with E-state index in [1.165, 1.54) is 24.3 Å². The number of rotatable bonds is 3. The van der Waals surface area contributed by atoms with Crippen LogP contribution >= 0.6 is 0 Å². The van der Waals surface area contributed by atoms with Crippen molar-refractivity contribution in [2.24, 2.45) is 5.73 Å². The minimum atomic E-state index is -0.362. The fourth-order valence-corrected chi connectivity index (χ4v) is 1.53.